The molecule has 0 radical (unpaired) electrons. The maximum Gasteiger partial charge on any atom is 0.345 e. The highest BCUT2D eigenvalue weighted by Crippen LogP contribution is 2.67. The number of esters is 1. The van der Waals surface area contributed by atoms with Crippen molar-refractivity contribution in [2.24, 2.45) is 33.7 Å². The van der Waals surface area contributed by atoms with Gasteiger partial charge < -0.3 is 45.0 Å². The van der Waals surface area contributed by atoms with E-state index in [-0.39, 0.29) is 93.2 Å². The number of benzene rings is 3. The molecule has 8 rings (SSSR count). The van der Waals surface area contributed by atoms with Gasteiger partial charge in [0.05, 0.1) is 53.7 Å². The number of aromatic nitrogens is 1. The first-order valence-corrected chi connectivity index (χ1v) is 26.6. The van der Waals surface area contributed by atoms with E-state index in [0.717, 1.165) is 25.0 Å². The number of rotatable bonds is 20. The Balaban J connectivity index is 0.794. The number of hydrogen-bond donors (Lipinski definition) is 6. The normalized spacial score (nSPS) is 26.1. The molecule has 2 amide bonds. The lowest BCUT2D eigenvalue weighted by molar-refractivity contribution is -0.645. The number of oxime groups is 1. The molecule has 1 aromatic heterocycles. The molecule has 3 saturated carbocycles. The number of amides is 2. The van der Waals surface area contributed by atoms with Gasteiger partial charge in [-0.15, -0.1) is 0 Å². The lowest BCUT2D eigenvalue weighted by Gasteiger charge is -2.60. The van der Waals surface area contributed by atoms with E-state index < -0.39 is 51.4 Å². The summed E-state index contributed by atoms with van der Waals surface area (Å²) < 4.78 is 51.5. The summed E-state index contributed by atoms with van der Waals surface area (Å²) in [5, 5.41) is 43.8. The van der Waals surface area contributed by atoms with Crippen molar-refractivity contribution in [3.63, 3.8) is 0 Å². The second-order valence-corrected chi connectivity index (χ2v) is 22.0. The van der Waals surface area contributed by atoms with Crippen LogP contribution in [-0.4, -0.2) is 122 Å². The number of ether oxygens (including phenoxy) is 3. The summed E-state index contributed by atoms with van der Waals surface area (Å²) in [5.74, 6) is -1.95. The van der Waals surface area contributed by atoms with Crippen LogP contribution in [0.15, 0.2) is 77.5 Å². The molecule has 392 valence electrons. The van der Waals surface area contributed by atoms with Crippen LogP contribution < -0.4 is 19.9 Å². The number of allylic oxidation sites excluding steroid dienone is 2. The van der Waals surface area contributed by atoms with Gasteiger partial charge in [-0.05, 0) is 111 Å². The fourth-order valence-electron chi connectivity index (χ4n) is 12.8. The first kappa shape index (κ1) is 53.6. The highest BCUT2D eigenvalue weighted by Gasteiger charge is 2.68. The molecule has 0 bridgehead atoms. The first-order chi connectivity index (χ1) is 34.8. The Kier molecular flexibility index (Phi) is 16.2. The van der Waals surface area contributed by atoms with E-state index in [1.54, 1.807) is 43.3 Å². The molecular formula is C54H67N4O14S+. The largest absolute Gasteiger partial charge is 0.422 e. The predicted molar refractivity (Wildman–Crippen MR) is 269 cm³/mol. The molecule has 7 unspecified atom stereocenters. The minimum atomic E-state index is -4.17. The topological polar surface area (TPSA) is 261 Å². The zero-order valence-electron chi connectivity index (χ0n) is 41.9. The molecule has 3 aromatic carbocycles. The molecule has 0 spiro atoms. The fourth-order valence-corrected chi connectivity index (χ4v) is 13.3. The lowest BCUT2D eigenvalue weighted by Crippen LogP contribution is -2.62. The van der Waals surface area contributed by atoms with Crippen LogP contribution >= 0.6 is 0 Å². The molecule has 4 aliphatic carbocycles. The van der Waals surface area contributed by atoms with E-state index >= 15 is 0 Å². The zero-order chi connectivity index (χ0) is 52.3. The van der Waals surface area contributed by atoms with Crippen LogP contribution in [0.1, 0.15) is 97.1 Å². The number of methoxy groups -OCH3 is 1. The van der Waals surface area contributed by atoms with Crippen molar-refractivity contribution in [2.45, 2.75) is 97.0 Å². The second kappa shape index (κ2) is 22.0. The molecule has 19 heteroatoms. The third-order valence-corrected chi connectivity index (χ3v) is 17.0. The molecule has 4 aromatic rings. The number of Topliss-reactive ketones (excluding diaryl/α,β-unsaturated/α-hetero) is 1. The number of ketones is 1. The van der Waals surface area contributed by atoms with Gasteiger partial charge in [-0.1, -0.05) is 48.8 Å². The fraction of sp³-hybridized carbons (Fsp3) is 0.519. The Morgan fingerprint density at radius 2 is 1.62 bits per heavy atom. The van der Waals surface area contributed by atoms with Gasteiger partial charge in [-0.2, -0.15) is 13.0 Å². The van der Waals surface area contributed by atoms with Gasteiger partial charge in [0.1, 0.15) is 18.0 Å². The highest BCUT2D eigenvalue weighted by atomic mass is 32.2. The molecule has 0 aliphatic heterocycles. The molecule has 7 atom stereocenters. The van der Waals surface area contributed by atoms with Gasteiger partial charge in [-0.25, -0.2) is 4.79 Å². The van der Waals surface area contributed by atoms with Crippen LogP contribution in [0.4, 0.5) is 0 Å². The van der Waals surface area contributed by atoms with Crippen molar-refractivity contribution in [1.82, 2.24) is 10.6 Å². The first-order valence-electron chi connectivity index (χ1n) is 25.0. The number of carbonyl (C=O) groups is 4. The SMILES string of the molecule is COCc1cc(C(=O)NCCOCCNC(=O)CO/N=C2/C=C3CCC4C(C(O)CC5(C)C4CCC5(O)C(=O)CO)C3(C)CC2)cc(C)c1OC(=O)c1c2ccccc2[n+](CCCS(=O)(=O)O)c2ccccc12. The van der Waals surface area contributed by atoms with Crippen LogP contribution in [0.2, 0.25) is 0 Å². The van der Waals surface area contributed by atoms with Crippen molar-refractivity contribution in [3.05, 3.63) is 94.6 Å². The maximum absolute atomic E-state index is 14.2. The Morgan fingerprint density at radius 1 is 0.932 bits per heavy atom. The summed E-state index contributed by atoms with van der Waals surface area (Å²) in [6, 6.07) is 17.7. The molecule has 1 heterocycles. The lowest BCUT2D eigenvalue weighted by atomic mass is 9.45. The van der Waals surface area contributed by atoms with E-state index in [0.29, 0.717) is 69.7 Å². The number of nitrogens with zero attached hydrogens (tertiary/aromatic N) is 2. The van der Waals surface area contributed by atoms with Crippen LogP contribution in [-0.2, 0) is 47.2 Å². The van der Waals surface area contributed by atoms with E-state index in [4.69, 9.17) is 19.0 Å². The van der Waals surface area contributed by atoms with Crippen LogP contribution in [0.3, 0.4) is 0 Å². The second-order valence-electron chi connectivity index (χ2n) is 20.5. The average Bonchev–Trinajstić information content (AvgIpc) is 3.63. The molecular weight excluding hydrogens is 961 g/mol. The quantitative estimate of drug-likeness (QED) is 0.0134. The summed E-state index contributed by atoms with van der Waals surface area (Å²) in [6.45, 7) is 5.88. The van der Waals surface area contributed by atoms with E-state index in [9.17, 15) is 47.5 Å². The van der Waals surface area contributed by atoms with Crippen molar-refractivity contribution in [2.75, 3.05) is 52.4 Å². The number of fused-ring (bicyclic) bond motifs is 7. The minimum Gasteiger partial charge on any atom is -0.422 e. The van der Waals surface area contributed by atoms with E-state index in [1.165, 1.54) is 12.7 Å². The molecule has 3 fully saturated rings. The van der Waals surface area contributed by atoms with E-state index in [1.807, 2.05) is 41.8 Å². The third-order valence-electron chi connectivity index (χ3n) is 16.2. The Labute approximate surface area is 424 Å². The summed E-state index contributed by atoms with van der Waals surface area (Å²) in [4.78, 5) is 58.3. The molecule has 73 heavy (non-hydrogen) atoms. The van der Waals surface area contributed by atoms with Gasteiger partial charge in [-0.3, -0.25) is 18.9 Å². The standard InChI is InChI=1S/C54H66N4O14S/c1-33-26-34(27-35(31-69-4)49(33)72-51(64)47-39-10-5-7-12-42(39)58(22-9-25-73(66,67)68)43-13-8-6-11-40(43)47)50(63)56-21-24-70-23-20-55-46(62)32-71-57-37-16-18-52(2)36(28-37)14-15-38-41-17-19-54(65,45(61)30-59)53(41,3)29-44(60)48(38)52/h5-8,10-13,26-28,38,41,44,48,59-60,65H,9,14-25,29-32H2,1-4H3,(H2-,55,56,62,63,66,67,68)/p+1/b57-37+. The summed E-state index contributed by atoms with van der Waals surface area (Å²) in [7, 11) is -2.67. The maximum atomic E-state index is 14.2. The van der Waals surface area contributed by atoms with Crippen LogP contribution in [0, 0.1) is 35.5 Å². The van der Waals surface area contributed by atoms with Gasteiger partial charge >= 0.3 is 5.97 Å². The monoisotopic (exact) mass is 1030 g/mol. The number of nitrogens with one attached hydrogen (secondary N) is 2. The number of aliphatic hydroxyl groups excluding tert-OH is 2. The van der Waals surface area contributed by atoms with Crippen molar-refractivity contribution in [3.8, 4) is 5.75 Å². The van der Waals surface area contributed by atoms with Gasteiger partial charge in [0, 0.05) is 55.3 Å². The smallest absolute Gasteiger partial charge is 0.345 e. The number of para-hydroxylation sites is 2. The van der Waals surface area contributed by atoms with Crippen LogP contribution in [0.5, 0.6) is 5.75 Å². The Morgan fingerprint density at radius 3 is 2.29 bits per heavy atom. The average molecular weight is 1030 g/mol. The predicted octanol–water partition coefficient (Wildman–Crippen LogP) is 4.69. The number of carbonyl (C=O) groups excluding carboxylic acids is 4. The van der Waals surface area contributed by atoms with Crippen molar-refractivity contribution in [1.29, 1.82) is 0 Å². The van der Waals surface area contributed by atoms with Crippen molar-refractivity contribution >= 4 is 61.2 Å². The molecule has 6 N–H and O–H groups in total. The van der Waals surface area contributed by atoms with Gasteiger partial charge in [0.2, 0.25) is 11.0 Å². The number of aryl methyl sites for hydroxylation is 2. The Bertz CT molecular complexity index is 2900. The van der Waals surface area contributed by atoms with Crippen molar-refractivity contribution < 1.29 is 71.1 Å². The van der Waals surface area contributed by atoms with Crippen LogP contribution in [0.25, 0.3) is 21.8 Å². The summed E-state index contributed by atoms with van der Waals surface area (Å²) in [6.07, 6.45) is 5.69. The van der Waals surface area contributed by atoms with Gasteiger partial charge in [0.25, 0.3) is 21.9 Å². The molecule has 18 nitrogen and oxygen atoms in total. The van der Waals surface area contributed by atoms with E-state index in [2.05, 4.69) is 22.7 Å². The minimum absolute atomic E-state index is 0.0350. The number of aliphatic hydroxyl groups is 3. The molecule has 0 saturated heterocycles. The Hall–Kier alpha value is -5.67. The number of hydrogen-bond acceptors (Lipinski definition) is 14. The zero-order valence-corrected chi connectivity index (χ0v) is 42.7. The third kappa shape index (κ3) is 10.8. The summed E-state index contributed by atoms with van der Waals surface area (Å²) >= 11 is 0. The number of pyridine rings is 1. The summed E-state index contributed by atoms with van der Waals surface area (Å²) in [5.41, 5.74) is 2.18. The highest BCUT2D eigenvalue weighted by molar-refractivity contribution is 7.85. The molecule has 4 aliphatic rings. The van der Waals surface area contributed by atoms with Gasteiger partial charge in [0.15, 0.2) is 18.9 Å².